The van der Waals surface area contributed by atoms with E-state index < -0.39 is 0 Å². The highest BCUT2D eigenvalue weighted by molar-refractivity contribution is 5.72. The van der Waals surface area contributed by atoms with E-state index in [4.69, 9.17) is 9.97 Å². The molecule has 1 unspecified atom stereocenters. The third-order valence-electron chi connectivity index (χ3n) is 6.46. The summed E-state index contributed by atoms with van der Waals surface area (Å²) in [6.07, 6.45) is 9.44. The molecule has 2 aromatic rings. The number of aliphatic hydroxyl groups excluding tert-OH is 1. The molecule has 5 heteroatoms. The first-order valence-corrected chi connectivity index (χ1v) is 10.6. The Morgan fingerprint density at radius 3 is 2.61 bits per heavy atom. The highest BCUT2D eigenvalue weighted by Crippen LogP contribution is 2.42. The summed E-state index contributed by atoms with van der Waals surface area (Å²) in [6.45, 7) is 1.96. The first-order valence-electron chi connectivity index (χ1n) is 10.6. The topological polar surface area (TPSA) is 61.3 Å². The van der Waals surface area contributed by atoms with Crippen molar-refractivity contribution in [2.45, 2.75) is 51.0 Å². The van der Waals surface area contributed by atoms with Gasteiger partial charge in [-0.15, -0.1) is 0 Å². The molecule has 2 aliphatic carbocycles. The fourth-order valence-corrected chi connectivity index (χ4v) is 5.04. The zero-order valence-corrected chi connectivity index (χ0v) is 16.3. The Morgan fingerprint density at radius 2 is 1.86 bits per heavy atom. The molecule has 1 atom stereocenters. The highest BCUT2D eigenvalue weighted by atomic mass is 16.3. The molecule has 0 amide bonds. The van der Waals surface area contributed by atoms with Crippen molar-refractivity contribution < 1.29 is 5.11 Å². The zero-order chi connectivity index (χ0) is 18.9. The SMILES string of the molecule is OC1=C(C2CCCC2)c2nc(N(c3ccccc3)C3CCNC3)ncc2CC1. The second-order valence-electron chi connectivity index (χ2n) is 8.24. The molecule has 5 nitrogen and oxygen atoms in total. The average Bonchev–Trinajstić information content (AvgIpc) is 3.43. The van der Waals surface area contributed by atoms with Crippen LogP contribution in [0.5, 0.6) is 0 Å². The van der Waals surface area contributed by atoms with Crippen molar-refractivity contribution in [1.82, 2.24) is 15.3 Å². The number of nitrogens with one attached hydrogen (secondary N) is 1. The van der Waals surface area contributed by atoms with Gasteiger partial charge in [-0.2, -0.15) is 0 Å². The fourth-order valence-electron chi connectivity index (χ4n) is 5.04. The minimum absolute atomic E-state index is 0.344. The first-order chi connectivity index (χ1) is 13.8. The van der Waals surface area contributed by atoms with E-state index >= 15 is 0 Å². The molecule has 0 radical (unpaired) electrons. The Bertz CT molecular complexity index is 867. The van der Waals surface area contributed by atoms with Crippen molar-refractivity contribution in [3.63, 3.8) is 0 Å². The Kier molecular flexibility index (Phi) is 4.77. The summed E-state index contributed by atoms with van der Waals surface area (Å²) in [5.41, 5.74) is 4.40. The van der Waals surface area contributed by atoms with Gasteiger partial charge in [0.15, 0.2) is 0 Å². The maximum atomic E-state index is 10.7. The van der Waals surface area contributed by atoms with E-state index in [1.165, 1.54) is 18.4 Å². The van der Waals surface area contributed by atoms with Crippen LogP contribution in [-0.2, 0) is 6.42 Å². The second kappa shape index (κ2) is 7.55. The molecule has 2 fully saturated rings. The Balaban J connectivity index is 1.58. The summed E-state index contributed by atoms with van der Waals surface area (Å²) >= 11 is 0. The molecule has 2 heterocycles. The molecule has 146 valence electrons. The Morgan fingerprint density at radius 1 is 1.04 bits per heavy atom. The number of hydrogen-bond acceptors (Lipinski definition) is 5. The number of fused-ring (bicyclic) bond motifs is 1. The van der Waals surface area contributed by atoms with Crippen molar-refractivity contribution in [1.29, 1.82) is 0 Å². The van der Waals surface area contributed by atoms with Gasteiger partial charge in [0.1, 0.15) is 0 Å². The van der Waals surface area contributed by atoms with Crippen LogP contribution in [-0.4, -0.2) is 34.2 Å². The summed E-state index contributed by atoms with van der Waals surface area (Å²) in [5.74, 6) is 1.75. The minimum atomic E-state index is 0.344. The number of aryl methyl sites for hydroxylation is 1. The van der Waals surface area contributed by atoms with E-state index in [2.05, 4.69) is 34.5 Å². The molecular weight excluding hydrogens is 348 g/mol. The lowest BCUT2D eigenvalue weighted by Crippen LogP contribution is -2.34. The van der Waals surface area contributed by atoms with Crippen LogP contribution in [0, 0.1) is 5.92 Å². The predicted molar refractivity (Wildman–Crippen MR) is 112 cm³/mol. The largest absolute Gasteiger partial charge is 0.512 e. The molecule has 2 N–H and O–H groups in total. The standard InChI is InChI=1S/C23H28N4O/c28-20-11-10-17-14-25-23(26-22(17)21(20)16-6-4-5-7-16)27(19-12-13-24-15-19)18-8-2-1-3-9-18/h1-3,8-9,14,16,19,24,28H,4-7,10-13,15H2. The quantitative estimate of drug-likeness (QED) is 0.829. The monoisotopic (exact) mass is 376 g/mol. The number of rotatable bonds is 4. The van der Waals surface area contributed by atoms with Gasteiger partial charge in [-0.05, 0) is 55.8 Å². The van der Waals surface area contributed by atoms with Crippen LogP contribution in [0.25, 0.3) is 5.57 Å². The Hall–Kier alpha value is -2.40. The summed E-state index contributed by atoms with van der Waals surface area (Å²) in [6, 6.07) is 10.8. The van der Waals surface area contributed by atoms with Crippen molar-refractivity contribution in [3.05, 3.63) is 53.5 Å². The number of hydrogen-bond donors (Lipinski definition) is 2. The molecule has 1 aromatic heterocycles. The first kappa shape index (κ1) is 17.7. The van der Waals surface area contributed by atoms with Gasteiger partial charge >= 0.3 is 0 Å². The van der Waals surface area contributed by atoms with Crippen molar-refractivity contribution in [3.8, 4) is 0 Å². The van der Waals surface area contributed by atoms with Gasteiger partial charge in [-0.3, -0.25) is 0 Å². The van der Waals surface area contributed by atoms with Gasteiger partial charge in [0.2, 0.25) is 5.95 Å². The number of anilines is 2. The average molecular weight is 377 g/mol. The third kappa shape index (κ3) is 3.18. The lowest BCUT2D eigenvalue weighted by Gasteiger charge is -2.30. The van der Waals surface area contributed by atoms with Gasteiger partial charge in [0.05, 0.1) is 17.5 Å². The van der Waals surface area contributed by atoms with E-state index in [1.54, 1.807) is 0 Å². The van der Waals surface area contributed by atoms with E-state index in [1.807, 2.05) is 12.3 Å². The van der Waals surface area contributed by atoms with Crippen LogP contribution in [0.15, 0.2) is 42.3 Å². The normalized spacial score (nSPS) is 22.5. The van der Waals surface area contributed by atoms with Crippen LogP contribution in [0.4, 0.5) is 11.6 Å². The molecule has 5 rings (SSSR count). The lowest BCUT2D eigenvalue weighted by molar-refractivity contribution is 0.381. The van der Waals surface area contributed by atoms with E-state index in [9.17, 15) is 5.11 Å². The molecule has 28 heavy (non-hydrogen) atoms. The predicted octanol–water partition coefficient (Wildman–Crippen LogP) is 4.38. The molecule has 1 saturated heterocycles. The zero-order valence-electron chi connectivity index (χ0n) is 16.3. The maximum Gasteiger partial charge on any atom is 0.230 e. The van der Waals surface area contributed by atoms with E-state index in [-0.39, 0.29) is 0 Å². The number of allylic oxidation sites excluding steroid dienone is 2. The van der Waals surface area contributed by atoms with Gasteiger partial charge in [-0.25, -0.2) is 9.97 Å². The molecule has 1 aliphatic heterocycles. The number of nitrogens with zero attached hydrogens (tertiary/aromatic N) is 3. The van der Waals surface area contributed by atoms with E-state index in [0.717, 1.165) is 68.1 Å². The number of benzene rings is 1. The van der Waals surface area contributed by atoms with Crippen LogP contribution in [0.1, 0.15) is 49.8 Å². The van der Waals surface area contributed by atoms with Gasteiger partial charge in [0.25, 0.3) is 0 Å². The summed E-state index contributed by atoms with van der Waals surface area (Å²) < 4.78 is 0. The molecular formula is C23H28N4O. The van der Waals surface area contributed by atoms with Gasteiger partial charge < -0.3 is 15.3 Å². The molecule has 1 aromatic carbocycles. The summed E-state index contributed by atoms with van der Waals surface area (Å²) in [5, 5.41) is 14.2. The third-order valence-corrected chi connectivity index (χ3v) is 6.46. The van der Waals surface area contributed by atoms with Crippen LogP contribution in [0.2, 0.25) is 0 Å². The number of aliphatic hydroxyl groups is 1. The highest BCUT2D eigenvalue weighted by Gasteiger charge is 2.32. The van der Waals surface area contributed by atoms with Gasteiger partial charge in [0, 0.05) is 30.4 Å². The summed E-state index contributed by atoms with van der Waals surface area (Å²) in [4.78, 5) is 12.1. The number of aromatic nitrogens is 2. The molecule has 0 spiro atoms. The lowest BCUT2D eigenvalue weighted by atomic mass is 9.85. The van der Waals surface area contributed by atoms with Crippen LogP contribution >= 0.6 is 0 Å². The number of para-hydroxylation sites is 1. The maximum absolute atomic E-state index is 10.7. The minimum Gasteiger partial charge on any atom is -0.512 e. The molecule has 1 saturated carbocycles. The fraction of sp³-hybridized carbons (Fsp3) is 0.478. The summed E-state index contributed by atoms with van der Waals surface area (Å²) in [7, 11) is 0. The Labute approximate surface area is 166 Å². The van der Waals surface area contributed by atoms with Crippen molar-refractivity contribution in [2.24, 2.45) is 5.92 Å². The molecule has 0 bridgehead atoms. The van der Waals surface area contributed by atoms with Crippen molar-refractivity contribution >= 4 is 17.2 Å². The smallest absolute Gasteiger partial charge is 0.230 e. The van der Waals surface area contributed by atoms with E-state index in [0.29, 0.717) is 17.7 Å². The van der Waals surface area contributed by atoms with Crippen molar-refractivity contribution in [2.75, 3.05) is 18.0 Å². The van der Waals surface area contributed by atoms with Crippen LogP contribution in [0.3, 0.4) is 0 Å². The molecule has 3 aliphatic rings. The van der Waals surface area contributed by atoms with Gasteiger partial charge in [-0.1, -0.05) is 31.0 Å². The van der Waals surface area contributed by atoms with Crippen LogP contribution < -0.4 is 10.2 Å². The second-order valence-corrected chi connectivity index (χ2v) is 8.24.